The van der Waals surface area contributed by atoms with Gasteiger partial charge in [0.15, 0.2) is 11.6 Å². The lowest BCUT2D eigenvalue weighted by Gasteiger charge is -2.16. The van der Waals surface area contributed by atoms with E-state index in [1.807, 2.05) is 0 Å². The maximum absolute atomic E-state index is 14.6. The fourth-order valence-electron chi connectivity index (χ4n) is 3.83. The van der Waals surface area contributed by atoms with Gasteiger partial charge in [-0.05, 0) is 25.0 Å². The Morgan fingerprint density at radius 3 is 2.62 bits per heavy atom. The Morgan fingerprint density at radius 1 is 1.18 bits per heavy atom. The summed E-state index contributed by atoms with van der Waals surface area (Å²) in [4.78, 5) is 25.6. The van der Waals surface area contributed by atoms with Crippen molar-refractivity contribution in [2.45, 2.75) is 19.3 Å². The lowest BCUT2D eigenvalue weighted by atomic mass is 10.0. The van der Waals surface area contributed by atoms with Crippen LogP contribution in [0.15, 0.2) is 42.9 Å². The minimum Gasteiger partial charge on any atom is -0.493 e. The van der Waals surface area contributed by atoms with Gasteiger partial charge in [0.2, 0.25) is 5.91 Å². The zero-order valence-electron chi connectivity index (χ0n) is 18.2. The molecule has 4 aromatic rings. The molecular formula is C23H19F3N6O2. The maximum atomic E-state index is 14.6. The van der Waals surface area contributed by atoms with Crippen LogP contribution in [-0.4, -0.2) is 44.2 Å². The number of methoxy groups -OCH3 is 1. The SMILES string of the molecule is COc1cc2ncnc(-c3cn(C)nc3-c3ccccc3F)c2nc1NC(=O)C1(C(F)F)CC1. The van der Waals surface area contributed by atoms with Crippen LogP contribution in [0.5, 0.6) is 5.75 Å². The first kappa shape index (κ1) is 21.8. The van der Waals surface area contributed by atoms with Crippen molar-refractivity contribution in [3.8, 4) is 28.3 Å². The number of halogens is 3. The number of nitrogens with one attached hydrogen (secondary N) is 1. The number of hydrogen-bond acceptors (Lipinski definition) is 6. The van der Waals surface area contributed by atoms with E-state index in [4.69, 9.17) is 4.74 Å². The van der Waals surface area contributed by atoms with Crippen LogP contribution in [0.1, 0.15) is 12.8 Å². The number of rotatable bonds is 6. The number of ether oxygens (including phenoxy) is 1. The lowest BCUT2D eigenvalue weighted by molar-refractivity contribution is -0.126. The van der Waals surface area contributed by atoms with E-state index in [2.05, 4.69) is 25.4 Å². The second kappa shape index (κ2) is 8.08. The van der Waals surface area contributed by atoms with Crippen molar-refractivity contribution in [2.24, 2.45) is 12.5 Å². The molecule has 1 fully saturated rings. The highest BCUT2D eigenvalue weighted by Gasteiger charge is 2.57. The molecule has 3 heterocycles. The number of fused-ring (bicyclic) bond motifs is 1. The summed E-state index contributed by atoms with van der Waals surface area (Å²) in [5.74, 6) is -1.14. The quantitative estimate of drug-likeness (QED) is 0.455. The lowest BCUT2D eigenvalue weighted by Crippen LogP contribution is -2.30. The molecule has 3 aromatic heterocycles. The number of anilines is 1. The van der Waals surface area contributed by atoms with Crippen LogP contribution >= 0.6 is 0 Å². The van der Waals surface area contributed by atoms with Gasteiger partial charge in [-0.2, -0.15) is 5.10 Å². The number of pyridine rings is 1. The average molecular weight is 468 g/mol. The molecule has 5 rings (SSSR count). The van der Waals surface area contributed by atoms with Crippen molar-refractivity contribution in [1.29, 1.82) is 0 Å². The predicted molar refractivity (Wildman–Crippen MR) is 118 cm³/mol. The van der Waals surface area contributed by atoms with Gasteiger partial charge in [0.1, 0.15) is 34.5 Å². The van der Waals surface area contributed by atoms with E-state index in [9.17, 15) is 18.0 Å². The van der Waals surface area contributed by atoms with E-state index in [1.54, 1.807) is 31.4 Å². The number of carbonyl (C=O) groups is 1. The van der Waals surface area contributed by atoms with E-state index in [1.165, 1.54) is 30.3 Å². The molecular weight excluding hydrogens is 449 g/mol. The summed E-state index contributed by atoms with van der Waals surface area (Å²) in [5, 5.41) is 6.89. The van der Waals surface area contributed by atoms with Crippen LogP contribution in [0, 0.1) is 11.2 Å². The molecule has 34 heavy (non-hydrogen) atoms. The molecule has 1 aliphatic rings. The van der Waals surface area contributed by atoms with E-state index in [0.29, 0.717) is 22.5 Å². The minimum atomic E-state index is -2.78. The fraction of sp³-hybridized carbons (Fsp3) is 0.261. The first-order chi connectivity index (χ1) is 16.3. The van der Waals surface area contributed by atoms with Crippen LogP contribution in [0.25, 0.3) is 33.5 Å². The van der Waals surface area contributed by atoms with Gasteiger partial charge in [-0.25, -0.2) is 28.1 Å². The predicted octanol–water partition coefficient (Wildman–Crippen LogP) is 4.22. The number of aryl methyl sites for hydroxylation is 1. The van der Waals surface area contributed by atoms with Gasteiger partial charge in [-0.1, -0.05) is 12.1 Å². The van der Waals surface area contributed by atoms with Gasteiger partial charge in [0.25, 0.3) is 6.43 Å². The molecule has 0 unspecified atom stereocenters. The number of aromatic nitrogens is 5. The molecule has 11 heteroatoms. The molecule has 8 nitrogen and oxygen atoms in total. The van der Waals surface area contributed by atoms with Gasteiger partial charge in [0, 0.05) is 30.4 Å². The molecule has 174 valence electrons. The Morgan fingerprint density at radius 2 is 1.94 bits per heavy atom. The highest BCUT2D eigenvalue weighted by Crippen LogP contribution is 2.51. The molecule has 1 amide bonds. The van der Waals surface area contributed by atoms with Crippen LogP contribution in [0.3, 0.4) is 0 Å². The summed E-state index contributed by atoms with van der Waals surface area (Å²) in [5.41, 5.74) is 0.395. The summed E-state index contributed by atoms with van der Waals surface area (Å²) in [6, 6.07) is 7.74. The van der Waals surface area contributed by atoms with E-state index < -0.39 is 23.6 Å². The molecule has 0 aliphatic heterocycles. The zero-order chi connectivity index (χ0) is 24.0. The average Bonchev–Trinajstić information content (AvgIpc) is 3.56. The van der Waals surface area contributed by atoms with Gasteiger partial charge >= 0.3 is 0 Å². The summed E-state index contributed by atoms with van der Waals surface area (Å²) in [7, 11) is 3.07. The topological polar surface area (TPSA) is 94.8 Å². The van der Waals surface area contributed by atoms with Crippen LogP contribution in [-0.2, 0) is 11.8 Å². The third-order valence-corrected chi connectivity index (χ3v) is 5.90. The first-order valence-corrected chi connectivity index (χ1v) is 10.4. The second-order valence-corrected chi connectivity index (χ2v) is 8.09. The third-order valence-electron chi connectivity index (χ3n) is 5.90. The Kier molecular flexibility index (Phi) is 5.18. The van der Waals surface area contributed by atoms with Crippen molar-refractivity contribution in [3.05, 3.63) is 48.7 Å². The highest BCUT2D eigenvalue weighted by atomic mass is 19.3. The fourth-order valence-corrected chi connectivity index (χ4v) is 3.83. The number of hydrogen-bond donors (Lipinski definition) is 1. The third kappa shape index (κ3) is 3.53. The highest BCUT2D eigenvalue weighted by molar-refractivity contribution is 6.00. The summed E-state index contributed by atoms with van der Waals surface area (Å²) in [6.07, 6.45) is 0.413. The Hall–Kier alpha value is -4.02. The van der Waals surface area contributed by atoms with Crippen LogP contribution in [0.4, 0.5) is 19.0 Å². The molecule has 1 aliphatic carbocycles. The van der Waals surface area contributed by atoms with Crippen molar-refractivity contribution >= 4 is 22.8 Å². The first-order valence-electron chi connectivity index (χ1n) is 10.4. The van der Waals surface area contributed by atoms with E-state index in [-0.39, 0.29) is 35.5 Å². The zero-order valence-corrected chi connectivity index (χ0v) is 18.2. The van der Waals surface area contributed by atoms with Crippen molar-refractivity contribution in [3.63, 3.8) is 0 Å². The monoisotopic (exact) mass is 468 g/mol. The summed E-state index contributed by atoms with van der Waals surface area (Å²) in [6.45, 7) is 0. The standard InChI is InChI=1S/C23H19F3N6O2/c1-32-10-13(17(31-32)12-5-3-4-6-14(12)24)18-19-15(27-11-28-18)9-16(34-2)20(29-19)30-22(33)23(7-8-23)21(25)26/h3-6,9-11,21H,7-8H2,1-2H3,(H,29,30,33). The molecule has 0 bridgehead atoms. The van der Waals surface area contributed by atoms with Crippen molar-refractivity contribution in [2.75, 3.05) is 12.4 Å². The summed E-state index contributed by atoms with van der Waals surface area (Å²) >= 11 is 0. The normalized spacial score (nSPS) is 14.4. The Labute approximate surface area is 191 Å². The molecule has 0 saturated heterocycles. The van der Waals surface area contributed by atoms with Gasteiger partial charge in [0.05, 0.1) is 12.6 Å². The number of amides is 1. The molecule has 1 saturated carbocycles. The van der Waals surface area contributed by atoms with Crippen LogP contribution < -0.4 is 10.1 Å². The minimum absolute atomic E-state index is 0.0284. The number of alkyl halides is 2. The molecule has 1 N–H and O–H groups in total. The number of nitrogens with zero attached hydrogens (tertiary/aromatic N) is 5. The van der Waals surface area contributed by atoms with Gasteiger partial charge in [-0.15, -0.1) is 0 Å². The maximum Gasteiger partial charge on any atom is 0.252 e. The summed E-state index contributed by atoms with van der Waals surface area (Å²) < 4.78 is 48.2. The van der Waals surface area contributed by atoms with Gasteiger partial charge in [-0.3, -0.25) is 9.48 Å². The Balaban J connectivity index is 1.65. The van der Waals surface area contributed by atoms with Crippen molar-refractivity contribution < 1.29 is 22.7 Å². The van der Waals surface area contributed by atoms with Crippen LogP contribution in [0.2, 0.25) is 0 Å². The van der Waals surface area contributed by atoms with Crippen molar-refractivity contribution in [1.82, 2.24) is 24.7 Å². The molecule has 1 aromatic carbocycles. The smallest absolute Gasteiger partial charge is 0.252 e. The largest absolute Gasteiger partial charge is 0.493 e. The second-order valence-electron chi connectivity index (χ2n) is 8.09. The van der Waals surface area contributed by atoms with E-state index >= 15 is 0 Å². The molecule has 0 radical (unpaired) electrons. The number of benzene rings is 1. The van der Waals surface area contributed by atoms with Gasteiger partial charge < -0.3 is 10.1 Å². The molecule has 0 spiro atoms. The molecule has 0 atom stereocenters. The number of carbonyl (C=O) groups excluding carboxylic acids is 1. The van der Waals surface area contributed by atoms with E-state index in [0.717, 1.165) is 0 Å². The Bertz CT molecular complexity index is 1420.